The molecule has 0 aliphatic heterocycles. The molecular formula is C2H3CfF2. The van der Waals surface area contributed by atoms with Gasteiger partial charge in [-0.15, -0.1) is 0 Å². The Hall–Kier alpha value is -1.27. The second-order valence-electron chi connectivity index (χ2n) is 0.349. The van der Waals surface area contributed by atoms with Crippen LogP contribution in [-0.2, 0) is 0 Å². The van der Waals surface area contributed by atoms with Gasteiger partial charge in [-0.1, -0.05) is 0 Å². The third kappa shape index (κ3) is 2.73. The first-order valence-electron chi connectivity index (χ1n) is 0.852. The van der Waals surface area contributed by atoms with Crippen LogP contribution in [0.15, 0.2) is 0 Å². The Morgan fingerprint density at radius 1 is 1.60 bits per heavy atom. The van der Waals surface area contributed by atoms with Gasteiger partial charge in [-0.05, 0) is 0 Å². The Kier molecular flexibility index (Phi) is 0.818. The standard InChI is InChI=1S/CF2.CH3.Cf/c2-1-3;;/h;1H3;. The van der Waals surface area contributed by atoms with Crippen molar-refractivity contribution in [1.29, 1.82) is 0 Å². The average Bonchev–Trinajstić information content (AvgIpc) is 1.38. The first-order chi connectivity index (χ1) is 2.27. The minimum atomic E-state index is -1.35. The SMILES string of the molecule is [CH3][Cf]=[C](F)F. The molecule has 3 heteroatoms. The molecule has 0 unspecified atom stereocenters. The zero-order chi connectivity index (χ0) is 4.28. The van der Waals surface area contributed by atoms with Crippen LogP contribution >= 0.6 is 0 Å². The van der Waals surface area contributed by atoms with E-state index in [1.165, 1.54) is 0 Å². The summed E-state index contributed by atoms with van der Waals surface area (Å²) in [7, 11) is 1.56. The van der Waals surface area contributed by atoms with Gasteiger partial charge >= 0.3 is 23.1 Å². The molecule has 0 aliphatic carbocycles. The van der Waals surface area contributed by atoms with Gasteiger partial charge in [0.05, 0.1) is 0 Å². The molecule has 0 amide bonds. The summed E-state index contributed by atoms with van der Waals surface area (Å²) in [4.78, 5) is 0. The van der Waals surface area contributed by atoms with Crippen molar-refractivity contribution in [3.63, 3.8) is 0 Å². The van der Waals surface area contributed by atoms with Crippen LogP contribution in [0.5, 0.6) is 0 Å². The Labute approximate surface area is 24.4 Å². The van der Waals surface area contributed by atoms with Gasteiger partial charge in [0.1, 0.15) is 0 Å². The molecule has 0 atom stereocenters. The molecule has 0 saturated heterocycles. The van der Waals surface area contributed by atoms with Crippen molar-refractivity contribution in [2.24, 2.45) is 0 Å². The van der Waals surface area contributed by atoms with Gasteiger partial charge < -0.3 is 0 Å². The maximum absolute atomic E-state index is 10.7. The van der Waals surface area contributed by atoms with E-state index in [2.05, 4.69) is 0 Å². The third-order valence-electron chi connectivity index (χ3n) is 0.120. The molecule has 0 aromatic heterocycles. The molecule has 0 aromatic rings. The van der Waals surface area contributed by atoms with E-state index in [-0.39, 0.29) is 0 Å². The van der Waals surface area contributed by atoms with E-state index in [4.69, 9.17) is 0 Å². The summed E-state index contributed by atoms with van der Waals surface area (Å²) in [5.74, 6) is 0. The van der Waals surface area contributed by atoms with Crippen molar-refractivity contribution >= 4 is 6.93 Å². The van der Waals surface area contributed by atoms with E-state index in [0.29, 0.717) is 0 Å². The van der Waals surface area contributed by atoms with Gasteiger partial charge in [0.2, 0.25) is 0 Å². The third-order valence-corrected chi connectivity index (χ3v) is 1.11. The van der Waals surface area contributed by atoms with Crippen molar-refractivity contribution in [3.05, 3.63) is 0 Å². The van der Waals surface area contributed by atoms with Gasteiger partial charge in [0.15, 0.2) is 0 Å². The Morgan fingerprint density at radius 2 is 1.80 bits per heavy atom. The Morgan fingerprint density at radius 3 is 1.80 bits per heavy atom. The van der Waals surface area contributed by atoms with E-state index in [1.807, 2.05) is 0 Å². The van der Waals surface area contributed by atoms with Crippen LogP contribution in [0, 0.1) is 0 Å². The number of hydrogen-bond donors (Lipinski definition) is 0. The fraction of sp³-hybridized carbons (Fsp3) is 0.500. The molecule has 0 aromatic carbocycles. The van der Waals surface area contributed by atoms with Crippen LogP contribution in [0.4, 0.5) is 8.78 Å². The summed E-state index contributed by atoms with van der Waals surface area (Å²) in [6.07, 6.45) is 0. The first-order valence-corrected chi connectivity index (χ1v) is 4.80. The maximum atomic E-state index is 10.7. The molecule has 0 fully saturated rings. The summed E-state index contributed by atoms with van der Waals surface area (Å²) in [6.45, 7) is -1.35. The van der Waals surface area contributed by atoms with Crippen LogP contribution in [0.1, 0.15) is 0 Å². The fourth-order valence-corrected chi connectivity index (χ4v) is 0. The zero-order valence-corrected chi connectivity index (χ0v) is 5.21. The summed E-state index contributed by atoms with van der Waals surface area (Å²) in [5.41, 5.74) is 0. The van der Waals surface area contributed by atoms with Gasteiger partial charge in [0.25, 0.3) is 0 Å². The fourth-order valence-electron chi connectivity index (χ4n) is 0. The summed E-state index contributed by atoms with van der Waals surface area (Å²) in [5, 5.41) is 0. The molecule has 0 spiro atoms. The van der Waals surface area contributed by atoms with Crippen LogP contribution in [-0.4, -0.2) is 6.93 Å². The number of halogens is 2. The molecule has 5 heavy (non-hydrogen) atoms. The molecule has 0 radical (unpaired) electrons. The van der Waals surface area contributed by atoms with Crippen LogP contribution in [0.25, 0.3) is 0 Å². The number of hydrogen-bond acceptors (Lipinski definition) is 0. The predicted molar refractivity (Wildman–Crippen MR) is 13.1 cm³/mol. The van der Waals surface area contributed by atoms with E-state index in [0.717, 1.165) is 0 Å². The topological polar surface area (TPSA) is 0 Å². The van der Waals surface area contributed by atoms with Gasteiger partial charge in [-0.2, -0.15) is 0 Å². The van der Waals surface area contributed by atoms with Crippen molar-refractivity contribution in [2.45, 2.75) is 7.43 Å². The molecular weight excluding hydrogens is 313 g/mol. The molecule has 0 rings (SSSR count). The molecule has 0 heterocycles. The minimum absolute atomic E-state index is 1.13. The molecule has 0 N–H and O–H groups in total. The second-order valence-corrected chi connectivity index (χ2v) is 2.66. The molecule has 0 bridgehead atoms. The summed E-state index contributed by atoms with van der Waals surface area (Å²) < 4.78 is 20.4. The van der Waals surface area contributed by atoms with E-state index < -0.39 is 6.93 Å². The van der Waals surface area contributed by atoms with Crippen LogP contribution < -0.4 is 0 Å². The van der Waals surface area contributed by atoms with Crippen molar-refractivity contribution in [1.82, 2.24) is 0 Å². The van der Waals surface area contributed by atoms with Gasteiger partial charge in [0, 0.05) is 0 Å². The summed E-state index contributed by atoms with van der Waals surface area (Å²) >= 11 is 0. The molecule has 35 valence electrons. The van der Waals surface area contributed by atoms with Gasteiger partial charge in [-0.3, -0.25) is 0 Å². The van der Waals surface area contributed by atoms with E-state index in [9.17, 15) is 8.78 Å². The van der Waals surface area contributed by atoms with Crippen molar-refractivity contribution in [2.75, 3.05) is 0 Å². The average molecular weight is 316 g/mol. The molecule has 0 nitrogen and oxygen atoms in total. The van der Waals surface area contributed by atoms with E-state index >= 15 is 0 Å². The van der Waals surface area contributed by atoms with Crippen molar-refractivity contribution < 1.29 is 8.78 Å². The zero-order valence-electron chi connectivity index (χ0n) is 2.57. The van der Waals surface area contributed by atoms with Gasteiger partial charge in [-0.25, -0.2) is 0 Å². The normalized spacial score (nSPS) is 6.20. The van der Waals surface area contributed by atoms with Crippen LogP contribution in [0.3, 0.4) is 0 Å². The Balaban J connectivity index is 3.14. The predicted octanol–water partition coefficient (Wildman–Crippen LogP) is 1.15. The Bertz CT molecular complexity index is 45.6. The quantitative estimate of drug-likeness (QED) is 0.629. The van der Waals surface area contributed by atoms with E-state index in [1.54, 1.807) is 7.43 Å². The monoisotopic (exact) mass is 314 g/mol. The van der Waals surface area contributed by atoms with Crippen LogP contribution in [0.2, 0.25) is 7.43 Å². The first kappa shape index (κ1) is 3.73. The molecule has 0 aliphatic rings. The molecule has 0 saturated carbocycles. The van der Waals surface area contributed by atoms with Crippen molar-refractivity contribution in [3.8, 4) is 0 Å². The number of rotatable bonds is 0. The summed E-state index contributed by atoms with van der Waals surface area (Å²) in [6, 6.07) is 0. The second kappa shape index (κ2) is 1.10.